The fourth-order valence-corrected chi connectivity index (χ4v) is 3.50. The van der Waals surface area contributed by atoms with Crippen LogP contribution in [-0.2, 0) is 0 Å². The van der Waals surface area contributed by atoms with Crippen molar-refractivity contribution in [2.45, 2.75) is 18.9 Å². The first-order valence-corrected chi connectivity index (χ1v) is 8.39. The highest BCUT2D eigenvalue weighted by Gasteiger charge is 2.28. The molecule has 0 radical (unpaired) electrons. The van der Waals surface area contributed by atoms with Gasteiger partial charge in [-0.05, 0) is 25.0 Å². The zero-order chi connectivity index (χ0) is 17.4. The summed E-state index contributed by atoms with van der Waals surface area (Å²) in [5.41, 5.74) is 2.04. The number of furan rings is 1. The monoisotopic (exact) mass is 340 g/mol. The predicted octanol–water partition coefficient (Wildman–Crippen LogP) is 3.58. The summed E-state index contributed by atoms with van der Waals surface area (Å²) in [6.07, 6.45) is 1.72. The number of fused-ring (bicyclic) bond motifs is 3. The van der Waals surface area contributed by atoms with Crippen molar-refractivity contribution in [2.75, 3.05) is 25.6 Å². The molecule has 4 rings (SSSR count). The van der Waals surface area contributed by atoms with Gasteiger partial charge in [-0.1, -0.05) is 18.2 Å². The summed E-state index contributed by atoms with van der Waals surface area (Å²) in [4.78, 5) is 14.2. The number of nitrogens with one attached hydrogen (secondary N) is 1. The van der Waals surface area contributed by atoms with Crippen LogP contribution in [-0.4, -0.2) is 42.3 Å². The van der Waals surface area contributed by atoms with Gasteiger partial charge in [0.2, 0.25) is 0 Å². The van der Waals surface area contributed by atoms with Gasteiger partial charge in [-0.25, -0.2) is 4.79 Å². The number of hydrogen-bond acceptors (Lipinski definition) is 4. The summed E-state index contributed by atoms with van der Waals surface area (Å²) < 4.78 is 11.3. The Bertz CT molecular complexity index is 934. The molecule has 0 saturated carbocycles. The third kappa shape index (κ3) is 2.68. The Morgan fingerprint density at radius 3 is 2.96 bits per heavy atom. The van der Waals surface area contributed by atoms with Gasteiger partial charge in [0, 0.05) is 23.4 Å². The molecule has 25 heavy (non-hydrogen) atoms. The maximum atomic E-state index is 12.6. The highest BCUT2D eigenvalue weighted by molar-refractivity contribution is 6.07. The molecule has 1 aliphatic rings. The van der Waals surface area contributed by atoms with Crippen molar-refractivity contribution in [3.05, 3.63) is 36.4 Å². The minimum atomic E-state index is -0.231. The van der Waals surface area contributed by atoms with Crippen LogP contribution in [0.5, 0.6) is 5.75 Å². The molecule has 1 saturated heterocycles. The molecule has 2 aromatic carbocycles. The van der Waals surface area contributed by atoms with Crippen LogP contribution in [0.1, 0.15) is 12.8 Å². The van der Waals surface area contributed by atoms with Crippen LogP contribution in [0.2, 0.25) is 0 Å². The molecule has 0 spiro atoms. The van der Waals surface area contributed by atoms with Crippen molar-refractivity contribution >= 4 is 33.7 Å². The quantitative estimate of drug-likeness (QED) is 0.764. The maximum absolute atomic E-state index is 12.6. The average molecular weight is 340 g/mol. The first-order valence-electron chi connectivity index (χ1n) is 8.39. The van der Waals surface area contributed by atoms with Crippen LogP contribution in [0.15, 0.2) is 40.8 Å². The summed E-state index contributed by atoms with van der Waals surface area (Å²) in [6, 6.07) is 11.1. The number of benzene rings is 2. The van der Waals surface area contributed by atoms with Crippen LogP contribution in [0.25, 0.3) is 21.9 Å². The smallest absolute Gasteiger partial charge is 0.322 e. The normalized spacial score (nSPS) is 17.4. The molecule has 2 amide bonds. The van der Waals surface area contributed by atoms with Crippen molar-refractivity contribution < 1.29 is 19.1 Å². The van der Waals surface area contributed by atoms with Gasteiger partial charge in [-0.3, -0.25) is 0 Å². The third-order valence-electron chi connectivity index (χ3n) is 4.79. The van der Waals surface area contributed by atoms with Crippen molar-refractivity contribution in [1.29, 1.82) is 0 Å². The molecule has 0 bridgehead atoms. The van der Waals surface area contributed by atoms with Crippen LogP contribution in [0.3, 0.4) is 0 Å². The molecule has 6 nitrogen and oxygen atoms in total. The van der Waals surface area contributed by atoms with E-state index in [1.807, 2.05) is 30.3 Å². The number of ether oxygens (including phenoxy) is 1. The number of urea groups is 1. The van der Waals surface area contributed by atoms with Crippen LogP contribution >= 0.6 is 0 Å². The number of carbonyl (C=O) groups is 1. The molecule has 1 fully saturated rings. The van der Waals surface area contributed by atoms with E-state index in [-0.39, 0.29) is 18.7 Å². The van der Waals surface area contributed by atoms with E-state index in [1.54, 1.807) is 18.1 Å². The largest absolute Gasteiger partial charge is 0.495 e. The highest BCUT2D eigenvalue weighted by atomic mass is 16.5. The molecule has 1 aromatic heterocycles. The Labute approximate surface area is 145 Å². The van der Waals surface area contributed by atoms with E-state index in [2.05, 4.69) is 5.32 Å². The number of carbonyl (C=O) groups excluding carboxylic acids is 1. The van der Waals surface area contributed by atoms with Gasteiger partial charge in [-0.2, -0.15) is 0 Å². The standard InChI is InChI=1S/C19H20N2O4/c1-24-18-9-14-13-6-2-3-7-16(13)25-17(14)10-15(18)20-19(23)21-8-4-5-12(21)11-22/h2-3,6-7,9-10,12,22H,4-5,8,11H2,1H3,(H,20,23). The number of anilines is 1. The molecule has 2 N–H and O–H groups in total. The second kappa shape index (κ2) is 6.29. The van der Waals surface area contributed by atoms with Gasteiger partial charge >= 0.3 is 6.03 Å². The van der Waals surface area contributed by atoms with Crippen LogP contribution in [0, 0.1) is 0 Å². The minimum absolute atomic E-state index is 0.0207. The first-order chi connectivity index (χ1) is 12.2. The van der Waals surface area contributed by atoms with Gasteiger partial charge in [0.25, 0.3) is 0 Å². The Kier molecular flexibility index (Phi) is 3.97. The first kappa shape index (κ1) is 15.8. The molecule has 1 aliphatic heterocycles. The number of nitrogens with zero attached hydrogens (tertiary/aromatic N) is 1. The molecule has 3 aromatic rings. The minimum Gasteiger partial charge on any atom is -0.495 e. The summed E-state index contributed by atoms with van der Waals surface area (Å²) >= 11 is 0. The number of rotatable bonds is 3. The Hall–Kier alpha value is -2.73. The van der Waals surface area contributed by atoms with E-state index < -0.39 is 0 Å². The lowest BCUT2D eigenvalue weighted by molar-refractivity contribution is 0.166. The number of likely N-dealkylation sites (tertiary alicyclic amines) is 1. The zero-order valence-electron chi connectivity index (χ0n) is 14.0. The summed E-state index contributed by atoms with van der Waals surface area (Å²) in [7, 11) is 1.57. The SMILES string of the molecule is COc1cc2c(cc1NC(=O)N1CCCC1CO)oc1ccccc12. The molecule has 1 atom stereocenters. The molecule has 2 heterocycles. The van der Waals surface area contributed by atoms with Gasteiger partial charge in [0.15, 0.2) is 0 Å². The number of hydrogen-bond donors (Lipinski definition) is 2. The second-order valence-electron chi connectivity index (χ2n) is 6.25. The molecular formula is C19H20N2O4. The Morgan fingerprint density at radius 2 is 2.16 bits per heavy atom. The van der Waals surface area contributed by atoms with E-state index in [4.69, 9.17) is 9.15 Å². The topological polar surface area (TPSA) is 74.9 Å². The lowest BCUT2D eigenvalue weighted by Gasteiger charge is -2.23. The fraction of sp³-hybridized carbons (Fsp3) is 0.316. The van der Waals surface area contributed by atoms with E-state index in [0.29, 0.717) is 23.6 Å². The number of amides is 2. The Morgan fingerprint density at radius 1 is 1.32 bits per heavy atom. The average Bonchev–Trinajstić information content (AvgIpc) is 3.24. The highest BCUT2D eigenvalue weighted by Crippen LogP contribution is 2.36. The maximum Gasteiger partial charge on any atom is 0.322 e. The fourth-order valence-electron chi connectivity index (χ4n) is 3.50. The predicted molar refractivity (Wildman–Crippen MR) is 96.1 cm³/mol. The van der Waals surface area contributed by atoms with E-state index in [9.17, 15) is 9.90 Å². The third-order valence-corrected chi connectivity index (χ3v) is 4.79. The van der Waals surface area contributed by atoms with E-state index in [1.165, 1.54) is 0 Å². The van der Waals surface area contributed by atoms with E-state index >= 15 is 0 Å². The van der Waals surface area contributed by atoms with Gasteiger partial charge in [-0.15, -0.1) is 0 Å². The molecule has 1 unspecified atom stereocenters. The molecular weight excluding hydrogens is 320 g/mol. The zero-order valence-corrected chi connectivity index (χ0v) is 14.0. The number of aliphatic hydroxyl groups is 1. The van der Waals surface area contributed by atoms with Crippen LogP contribution in [0.4, 0.5) is 10.5 Å². The Balaban J connectivity index is 1.71. The summed E-state index contributed by atoms with van der Waals surface area (Å²) in [5, 5.41) is 14.3. The van der Waals surface area contributed by atoms with Gasteiger partial charge in [0.05, 0.1) is 25.4 Å². The molecule has 130 valence electrons. The number of methoxy groups -OCH3 is 1. The molecule has 0 aliphatic carbocycles. The van der Waals surface area contributed by atoms with Crippen molar-refractivity contribution in [3.8, 4) is 5.75 Å². The summed E-state index contributed by atoms with van der Waals surface area (Å²) in [6.45, 7) is 0.624. The van der Waals surface area contributed by atoms with Crippen molar-refractivity contribution in [2.24, 2.45) is 0 Å². The lowest BCUT2D eigenvalue weighted by atomic mass is 10.1. The number of para-hydroxylation sites is 1. The van der Waals surface area contributed by atoms with E-state index in [0.717, 1.165) is 29.2 Å². The number of aliphatic hydroxyl groups excluding tert-OH is 1. The van der Waals surface area contributed by atoms with Crippen molar-refractivity contribution in [1.82, 2.24) is 4.90 Å². The summed E-state index contributed by atoms with van der Waals surface area (Å²) in [5.74, 6) is 0.576. The van der Waals surface area contributed by atoms with Gasteiger partial charge in [0.1, 0.15) is 16.9 Å². The van der Waals surface area contributed by atoms with Crippen molar-refractivity contribution in [3.63, 3.8) is 0 Å². The molecule has 6 heteroatoms. The lowest BCUT2D eigenvalue weighted by Crippen LogP contribution is -2.40. The second-order valence-corrected chi connectivity index (χ2v) is 6.25. The van der Waals surface area contributed by atoms with Crippen LogP contribution < -0.4 is 10.1 Å². The van der Waals surface area contributed by atoms with Gasteiger partial charge < -0.3 is 24.5 Å².